The van der Waals surface area contributed by atoms with Crippen molar-refractivity contribution in [3.63, 3.8) is 0 Å². The Balaban J connectivity index is 2.33. The molecule has 1 aromatic rings. The minimum absolute atomic E-state index is 0.121. The van der Waals surface area contributed by atoms with Crippen molar-refractivity contribution in [3.05, 3.63) is 35.4 Å². The van der Waals surface area contributed by atoms with Crippen molar-refractivity contribution in [2.45, 2.75) is 12.2 Å². The standard InChI is InChI=1S/C13H14F3NO3/c14-13(15,16)11-4-2-1-3-10(11)12(19)17-5-6-20-8-9(17)7-18/h1-4,9,18H,5-8H2/t9-/m1/s1. The number of aliphatic hydroxyl groups is 1. The van der Waals surface area contributed by atoms with Gasteiger partial charge in [-0.15, -0.1) is 0 Å². The SMILES string of the molecule is O=C(c1ccccc1C(F)(F)F)N1CCOC[C@H]1CO. The highest BCUT2D eigenvalue weighted by Gasteiger charge is 2.37. The van der Waals surface area contributed by atoms with Crippen LogP contribution >= 0.6 is 0 Å². The predicted octanol–water partition coefficient (Wildman–Crippen LogP) is 1.54. The lowest BCUT2D eigenvalue weighted by atomic mass is 10.0. The Bertz CT molecular complexity index is 490. The number of hydrogen-bond donors (Lipinski definition) is 1. The first-order valence-electron chi connectivity index (χ1n) is 6.11. The summed E-state index contributed by atoms with van der Waals surface area (Å²) in [7, 11) is 0. The van der Waals surface area contributed by atoms with Gasteiger partial charge < -0.3 is 14.7 Å². The van der Waals surface area contributed by atoms with Gasteiger partial charge in [-0.2, -0.15) is 13.2 Å². The number of nitrogens with zero attached hydrogens (tertiary/aromatic N) is 1. The van der Waals surface area contributed by atoms with E-state index in [-0.39, 0.29) is 26.4 Å². The monoisotopic (exact) mass is 289 g/mol. The molecule has 0 bridgehead atoms. The number of ether oxygens (including phenoxy) is 1. The average Bonchev–Trinajstić information content (AvgIpc) is 2.45. The summed E-state index contributed by atoms with van der Waals surface area (Å²) >= 11 is 0. The van der Waals surface area contributed by atoms with E-state index in [9.17, 15) is 23.1 Å². The van der Waals surface area contributed by atoms with E-state index in [0.29, 0.717) is 0 Å². The molecule has 1 aliphatic heterocycles. The Labute approximate surface area is 113 Å². The molecule has 20 heavy (non-hydrogen) atoms. The number of alkyl halides is 3. The Kier molecular flexibility index (Phi) is 4.29. The molecule has 0 unspecified atom stereocenters. The van der Waals surface area contributed by atoms with E-state index < -0.39 is 29.3 Å². The van der Waals surface area contributed by atoms with Crippen LogP contribution in [0.5, 0.6) is 0 Å². The first-order chi connectivity index (χ1) is 9.45. The first-order valence-corrected chi connectivity index (χ1v) is 6.11. The van der Waals surface area contributed by atoms with Crippen LogP contribution in [0.15, 0.2) is 24.3 Å². The molecule has 1 fully saturated rings. The van der Waals surface area contributed by atoms with Gasteiger partial charge in [-0.3, -0.25) is 4.79 Å². The van der Waals surface area contributed by atoms with Gasteiger partial charge in [-0.1, -0.05) is 12.1 Å². The van der Waals surface area contributed by atoms with Gasteiger partial charge in [-0.05, 0) is 12.1 Å². The Hall–Kier alpha value is -1.60. The number of halogens is 3. The minimum atomic E-state index is -4.59. The first kappa shape index (κ1) is 14.8. The van der Waals surface area contributed by atoms with E-state index in [1.807, 2.05) is 0 Å². The summed E-state index contributed by atoms with van der Waals surface area (Å²) in [5.74, 6) is -0.736. The second-order valence-corrected chi connectivity index (χ2v) is 4.45. The van der Waals surface area contributed by atoms with Crippen molar-refractivity contribution in [1.82, 2.24) is 4.90 Å². The lowest BCUT2D eigenvalue weighted by Crippen LogP contribution is -2.50. The van der Waals surface area contributed by atoms with Gasteiger partial charge in [0.1, 0.15) is 0 Å². The van der Waals surface area contributed by atoms with Gasteiger partial charge in [0.15, 0.2) is 0 Å². The smallest absolute Gasteiger partial charge is 0.394 e. The van der Waals surface area contributed by atoms with E-state index in [4.69, 9.17) is 4.74 Å². The van der Waals surface area contributed by atoms with Crippen molar-refractivity contribution in [2.75, 3.05) is 26.4 Å². The summed E-state index contributed by atoms with van der Waals surface area (Å²) in [6.45, 7) is 0.184. The van der Waals surface area contributed by atoms with Crippen LogP contribution in [0.1, 0.15) is 15.9 Å². The minimum Gasteiger partial charge on any atom is -0.394 e. The van der Waals surface area contributed by atoms with Crippen LogP contribution in [0.3, 0.4) is 0 Å². The van der Waals surface area contributed by atoms with Crippen molar-refractivity contribution in [1.29, 1.82) is 0 Å². The summed E-state index contributed by atoms with van der Waals surface area (Å²) in [5.41, 5.74) is -1.37. The Morgan fingerprint density at radius 2 is 2.10 bits per heavy atom. The van der Waals surface area contributed by atoms with Gasteiger partial charge >= 0.3 is 6.18 Å². The zero-order valence-corrected chi connectivity index (χ0v) is 10.6. The van der Waals surface area contributed by atoms with Crippen molar-refractivity contribution >= 4 is 5.91 Å². The molecule has 1 aliphatic rings. The predicted molar refractivity (Wildman–Crippen MR) is 64.2 cm³/mol. The lowest BCUT2D eigenvalue weighted by molar-refractivity contribution is -0.138. The molecule has 0 aromatic heterocycles. The van der Waals surface area contributed by atoms with Gasteiger partial charge in [0.25, 0.3) is 5.91 Å². The average molecular weight is 289 g/mol. The third-order valence-corrected chi connectivity index (χ3v) is 3.16. The largest absolute Gasteiger partial charge is 0.417 e. The van der Waals surface area contributed by atoms with E-state index in [1.54, 1.807) is 0 Å². The van der Waals surface area contributed by atoms with E-state index >= 15 is 0 Å². The highest BCUT2D eigenvalue weighted by atomic mass is 19.4. The zero-order valence-electron chi connectivity index (χ0n) is 10.6. The Morgan fingerprint density at radius 1 is 1.40 bits per heavy atom. The summed E-state index contributed by atoms with van der Waals surface area (Å²) in [6.07, 6.45) is -4.59. The number of hydrogen-bond acceptors (Lipinski definition) is 3. The fourth-order valence-electron chi connectivity index (χ4n) is 2.14. The maximum atomic E-state index is 12.9. The number of rotatable bonds is 2. The van der Waals surface area contributed by atoms with Gasteiger partial charge in [-0.25, -0.2) is 0 Å². The second-order valence-electron chi connectivity index (χ2n) is 4.45. The third kappa shape index (κ3) is 2.94. The zero-order chi connectivity index (χ0) is 14.8. The van der Waals surface area contributed by atoms with Crippen LogP contribution < -0.4 is 0 Å². The molecule has 0 radical (unpaired) electrons. The van der Waals surface area contributed by atoms with Crippen LogP contribution in [0.4, 0.5) is 13.2 Å². The molecule has 1 N–H and O–H groups in total. The van der Waals surface area contributed by atoms with Crippen LogP contribution in [0, 0.1) is 0 Å². The molecule has 1 heterocycles. The molecule has 0 saturated carbocycles. The van der Waals surface area contributed by atoms with E-state index in [2.05, 4.69) is 0 Å². The summed E-state index contributed by atoms with van der Waals surface area (Å²) in [6, 6.07) is 4.04. The molecule has 0 aliphatic carbocycles. The number of carbonyl (C=O) groups is 1. The van der Waals surface area contributed by atoms with Gasteiger partial charge in [0.05, 0.1) is 37.0 Å². The number of aliphatic hydroxyl groups excluding tert-OH is 1. The maximum absolute atomic E-state index is 12.9. The quantitative estimate of drug-likeness (QED) is 0.898. The van der Waals surface area contributed by atoms with Crippen molar-refractivity contribution in [2.24, 2.45) is 0 Å². The molecule has 2 rings (SSSR count). The fraction of sp³-hybridized carbons (Fsp3) is 0.462. The van der Waals surface area contributed by atoms with Crippen LogP contribution in [0.2, 0.25) is 0 Å². The summed E-state index contributed by atoms with van der Waals surface area (Å²) in [5, 5.41) is 9.19. The summed E-state index contributed by atoms with van der Waals surface area (Å²) < 4.78 is 43.8. The summed E-state index contributed by atoms with van der Waals surface area (Å²) in [4.78, 5) is 13.5. The molecule has 7 heteroatoms. The number of morpholine rings is 1. The normalized spacial score (nSPS) is 20.0. The highest BCUT2D eigenvalue weighted by molar-refractivity contribution is 5.96. The van der Waals surface area contributed by atoms with Crippen LogP contribution in [-0.2, 0) is 10.9 Å². The number of carbonyl (C=O) groups excluding carboxylic acids is 1. The second kappa shape index (κ2) is 5.80. The molecular weight excluding hydrogens is 275 g/mol. The van der Waals surface area contributed by atoms with E-state index in [1.165, 1.54) is 17.0 Å². The highest BCUT2D eigenvalue weighted by Crippen LogP contribution is 2.32. The molecule has 0 spiro atoms. The van der Waals surface area contributed by atoms with Gasteiger partial charge in [0, 0.05) is 6.54 Å². The molecule has 1 aromatic carbocycles. The lowest BCUT2D eigenvalue weighted by Gasteiger charge is -2.35. The fourth-order valence-corrected chi connectivity index (χ4v) is 2.14. The van der Waals surface area contributed by atoms with Crippen molar-refractivity contribution < 1.29 is 27.8 Å². The van der Waals surface area contributed by atoms with Gasteiger partial charge in [0.2, 0.25) is 0 Å². The molecule has 1 saturated heterocycles. The third-order valence-electron chi connectivity index (χ3n) is 3.16. The molecule has 1 amide bonds. The van der Waals surface area contributed by atoms with Crippen LogP contribution in [-0.4, -0.2) is 48.3 Å². The maximum Gasteiger partial charge on any atom is 0.417 e. The Morgan fingerprint density at radius 3 is 2.75 bits per heavy atom. The number of amides is 1. The molecular formula is C13H14F3NO3. The topological polar surface area (TPSA) is 49.8 Å². The van der Waals surface area contributed by atoms with Crippen LogP contribution in [0.25, 0.3) is 0 Å². The van der Waals surface area contributed by atoms with E-state index in [0.717, 1.165) is 12.1 Å². The number of benzene rings is 1. The molecule has 110 valence electrons. The molecule has 1 atom stereocenters. The molecule has 4 nitrogen and oxygen atoms in total. The van der Waals surface area contributed by atoms with Crippen molar-refractivity contribution in [3.8, 4) is 0 Å².